The van der Waals surface area contributed by atoms with E-state index in [9.17, 15) is 13.2 Å². The number of benzene rings is 1. The molecule has 2 aromatic rings. The van der Waals surface area contributed by atoms with Gasteiger partial charge < -0.3 is 9.26 Å². The van der Waals surface area contributed by atoms with Gasteiger partial charge in [0.25, 0.3) is 0 Å². The highest BCUT2D eigenvalue weighted by molar-refractivity contribution is 7.89. The molecule has 0 aliphatic carbocycles. The van der Waals surface area contributed by atoms with Crippen molar-refractivity contribution in [2.24, 2.45) is 0 Å². The lowest BCUT2D eigenvalue weighted by molar-refractivity contribution is -0.145. The van der Waals surface area contributed by atoms with Crippen LogP contribution in [-0.4, -0.2) is 37.4 Å². The van der Waals surface area contributed by atoms with Gasteiger partial charge >= 0.3 is 5.97 Å². The summed E-state index contributed by atoms with van der Waals surface area (Å²) in [6, 6.07) is 8.05. The van der Waals surface area contributed by atoms with Gasteiger partial charge in [-0.05, 0) is 26.0 Å². The van der Waals surface area contributed by atoms with Gasteiger partial charge in [0, 0.05) is 13.1 Å². The molecule has 0 aliphatic rings. The lowest BCUT2D eigenvalue weighted by Crippen LogP contribution is -2.33. The molecule has 0 radical (unpaired) electrons. The number of rotatable bonds is 6. The van der Waals surface area contributed by atoms with Crippen molar-refractivity contribution in [3.05, 3.63) is 47.3 Å². The van der Waals surface area contributed by atoms with Crippen LogP contribution in [0.15, 0.2) is 39.8 Å². The van der Waals surface area contributed by atoms with Gasteiger partial charge in [0.15, 0.2) is 0 Å². The third-order valence-corrected chi connectivity index (χ3v) is 4.96. The van der Waals surface area contributed by atoms with Crippen LogP contribution in [0.4, 0.5) is 0 Å². The minimum atomic E-state index is -3.73. The van der Waals surface area contributed by atoms with Crippen molar-refractivity contribution in [2.45, 2.75) is 25.3 Å². The normalized spacial score (nSPS) is 11.7. The minimum Gasteiger partial charge on any atom is -0.458 e. The van der Waals surface area contributed by atoms with E-state index in [-0.39, 0.29) is 18.0 Å². The molecule has 1 aromatic carbocycles. The number of carbonyl (C=O) groups excluding carboxylic acids is 1. The number of hydrogen-bond acceptors (Lipinski definition) is 6. The van der Waals surface area contributed by atoms with Crippen LogP contribution in [0.25, 0.3) is 0 Å². The average molecular weight is 338 g/mol. The van der Waals surface area contributed by atoms with Gasteiger partial charge in [-0.2, -0.15) is 4.31 Å². The van der Waals surface area contributed by atoms with Crippen molar-refractivity contribution in [1.82, 2.24) is 9.46 Å². The molecule has 23 heavy (non-hydrogen) atoms. The zero-order valence-electron chi connectivity index (χ0n) is 13.1. The SMILES string of the molecule is Cc1ccc(S(=O)(=O)N(C)CC(=O)OCc2cc(C)on2)cc1. The molecule has 0 aliphatic heterocycles. The van der Waals surface area contributed by atoms with E-state index in [0.29, 0.717) is 11.5 Å². The van der Waals surface area contributed by atoms with Gasteiger partial charge in [-0.3, -0.25) is 4.79 Å². The molecule has 2 rings (SSSR count). The predicted molar refractivity (Wildman–Crippen MR) is 82.0 cm³/mol. The first-order valence-electron chi connectivity index (χ1n) is 6.90. The van der Waals surface area contributed by atoms with Crippen molar-refractivity contribution in [3.8, 4) is 0 Å². The van der Waals surface area contributed by atoms with Crippen LogP contribution in [-0.2, 0) is 26.2 Å². The highest BCUT2D eigenvalue weighted by Gasteiger charge is 2.23. The summed E-state index contributed by atoms with van der Waals surface area (Å²) in [6.07, 6.45) is 0. The number of aryl methyl sites for hydroxylation is 2. The van der Waals surface area contributed by atoms with Crippen LogP contribution in [0, 0.1) is 13.8 Å². The molecule has 0 amide bonds. The Morgan fingerprint density at radius 1 is 1.26 bits per heavy atom. The lowest BCUT2D eigenvalue weighted by Gasteiger charge is -2.16. The second-order valence-corrected chi connectivity index (χ2v) is 7.21. The van der Waals surface area contributed by atoms with Crippen LogP contribution in [0.1, 0.15) is 17.0 Å². The number of nitrogens with zero attached hydrogens (tertiary/aromatic N) is 2. The molecule has 0 atom stereocenters. The molecular formula is C15H18N2O5S. The van der Waals surface area contributed by atoms with Crippen LogP contribution >= 0.6 is 0 Å². The molecule has 8 heteroatoms. The quantitative estimate of drug-likeness (QED) is 0.744. The summed E-state index contributed by atoms with van der Waals surface area (Å²) in [5.41, 5.74) is 1.42. The summed E-state index contributed by atoms with van der Waals surface area (Å²) < 4.78 is 35.5. The largest absolute Gasteiger partial charge is 0.458 e. The van der Waals surface area contributed by atoms with Gasteiger partial charge in [-0.15, -0.1) is 0 Å². The van der Waals surface area contributed by atoms with Crippen LogP contribution in [0.2, 0.25) is 0 Å². The third-order valence-electron chi connectivity index (χ3n) is 3.14. The summed E-state index contributed by atoms with van der Waals surface area (Å²) in [5.74, 6) is -0.0565. The molecule has 1 aromatic heterocycles. The Kier molecular flexibility index (Phi) is 5.17. The molecule has 0 fully saturated rings. The predicted octanol–water partition coefficient (Wildman–Crippen LogP) is 1.66. The Labute approximate surface area is 134 Å². The Balaban J connectivity index is 1.95. The lowest BCUT2D eigenvalue weighted by atomic mass is 10.2. The summed E-state index contributed by atoms with van der Waals surface area (Å²) in [4.78, 5) is 11.9. The minimum absolute atomic E-state index is 0.0609. The van der Waals surface area contributed by atoms with Crippen molar-refractivity contribution in [3.63, 3.8) is 0 Å². The van der Waals surface area contributed by atoms with E-state index >= 15 is 0 Å². The fraction of sp³-hybridized carbons (Fsp3) is 0.333. The number of aromatic nitrogens is 1. The van der Waals surface area contributed by atoms with Crippen LogP contribution in [0.5, 0.6) is 0 Å². The second-order valence-electron chi connectivity index (χ2n) is 5.16. The fourth-order valence-corrected chi connectivity index (χ4v) is 2.96. The number of hydrogen-bond donors (Lipinski definition) is 0. The molecule has 0 saturated heterocycles. The van der Waals surface area contributed by atoms with Gasteiger partial charge in [-0.25, -0.2) is 8.42 Å². The number of esters is 1. The van der Waals surface area contributed by atoms with Gasteiger partial charge in [0.1, 0.15) is 24.6 Å². The zero-order chi connectivity index (χ0) is 17.0. The fourth-order valence-electron chi connectivity index (χ4n) is 1.84. The number of carbonyl (C=O) groups is 1. The summed E-state index contributed by atoms with van der Waals surface area (Å²) >= 11 is 0. The maximum atomic E-state index is 12.3. The molecule has 0 saturated carbocycles. The Morgan fingerprint density at radius 2 is 1.91 bits per heavy atom. The smallest absolute Gasteiger partial charge is 0.321 e. The van der Waals surface area contributed by atoms with E-state index in [1.54, 1.807) is 25.1 Å². The summed E-state index contributed by atoms with van der Waals surface area (Å²) in [5, 5.41) is 3.69. The van der Waals surface area contributed by atoms with E-state index in [1.807, 2.05) is 6.92 Å². The first kappa shape index (κ1) is 17.2. The van der Waals surface area contributed by atoms with E-state index in [1.165, 1.54) is 19.2 Å². The molecular weight excluding hydrogens is 320 g/mol. The molecule has 0 N–H and O–H groups in total. The summed E-state index contributed by atoms with van der Waals surface area (Å²) in [7, 11) is -2.40. The first-order chi connectivity index (χ1) is 10.8. The van der Waals surface area contributed by atoms with E-state index in [0.717, 1.165) is 9.87 Å². The Hall–Kier alpha value is -2.19. The van der Waals surface area contributed by atoms with Crippen LogP contribution in [0.3, 0.4) is 0 Å². The Morgan fingerprint density at radius 3 is 2.48 bits per heavy atom. The van der Waals surface area contributed by atoms with Crippen molar-refractivity contribution >= 4 is 16.0 Å². The topological polar surface area (TPSA) is 89.7 Å². The zero-order valence-corrected chi connectivity index (χ0v) is 14.0. The Bertz CT molecular complexity index is 780. The third kappa shape index (κ3) is 4.40. The highest BCUT2D eigenvalue weighted by Crippen LogP contribution is 2.15. The first-order valence-corrected chi connectivity index (χ1v) is 8.34. The van der Waals surface area contributed by atoms with E-state index < -0.39 is 16.0 Å². The van der Waals surface area contributed by atoms with Crippen molar-refractivity contribution in [2.75, 3.05) is 13.6 Å². The van der Waals surface area contributed by atoms with Crippen molar-refractivity contribution < 1.29 is 22.5 Å². The second kappa shape index (κ2) is 6.93. The standard InChI is InChI=1S/C15H18N2O5S/c1-11-4-6-14(7-5-11)23(19,20)17(3)9-15(18)21-10-13-8-12(2)22-16-13/h4-8H,9-10H2,1-3H3. The summed E-state index contributed by atoms with van der Waals surface area (Å²) in [6.45, 7) is 3.14. The van der Waals surface area contributed by atoms with Crippen LogP contribution < -0.4 is 0 Å². The van der Waals surface area contributed by atoms with E-state index in [2.05, 4.69) is 5.16 Å². The molecule has 0 spiro atoms. The highest BCUT2D eigenvalue weighted by atomic mass is 32.2. The van der Waals surface area contributed by atoms with Gasteiger partial charge in [-0.1, -0.05) is 22.9 Å². The van der Waals surface area contributed by atoms with Gasteiger partial charge in [0.05, 0.1) is 4.90 Å². The maximum absolute atomic E-state index is 12.3. The monoisotopic (exact) mass is 338 g/mol. The number of sulfonamides is 1. The van der Waals surface area contributed by atoms with Gasteiger partial charge in [0.2, 0.25) is 10.0 Å². The average Bonchev–Trinajstić information content (AvgIpc) is 2.91. The maximum Gasteiger partial charge on any atom is 0.321 e. The number of likely N-dealkylation sites (N-methyl/N-ethyl adjacent to an activating group) is 1. The van der Waals surface area contributed by atoms with E-state index in [4.69, 9.17) is 9.26 Å². The molecule has 124 valence electrons. The number of ether oxygens (including phenoxy) is 1. The molecule has 0 bridgehead atoms. The molecule has 0 unspecified atom stereocenters. The molecule has 1 heterocycles. The molecule has 7 nitrogen and oxygen atoms in total. The van der Waals surface area contributed by atoms with Crippen molar-refractivity contribution in [1.29, 1.82) is 0 Å².